The Labute approximate surface area is 127 Å². The number of benzene rings is 2. The standard InChI is InChI=1S/C18H15N3O/c22-15-9-12-10-5-1-3-7-13(10)19-17(12)18-16(21-15)11-6-2-4-8-14(11)20-18/h1-8,12,17,19-20H,9H2,(H,21,22)/t12-,17+/m0/s1. The number of hydrogen-bond acceptors (Lipinski definition) is 2. The first kappa shape index (κ1) is 11.9. The number of carbonyl (C=O) groups excluding carboxylic acids is 1. The summed E-state index contributed by atoms with van der Waals surface area (Å²) in [7, 11) is 0. The van der Waals surface area contributed by atoms with E-state index in [4.69, 9.17) is 0 Å². The molecular formula is C18H15N3O. The number of anilines is 2. The van der Waals surface area contributed by atoms with Crippen LogP contribution in [-0.4, -0.2) is 10.9 Å². The predicted octanol–water partition coefficient (Wildman–Crippen LogP) is 3.76. The number of aromatic nitrogens is 1. The third-order valence-corrected chi connectivity index (χ3v) is 4.79. The van der Waals surface area contributed by atoms with Crippen molar-refractivity contribution in [2.75, 3.05) is 10.6 Å². The first-order valence-electron chi connectivity index (χ1n) is 7.57. The minimum Gasteiger partial charge on any atom is -0.376 e. The Bertz CT molecular complexity index is 912. The molecule has 0 aliphatic carbocycles. The molecule has 0 saturated heterocycles. The monoisotopic (exact) mass is 289 g/mol. The van der Waals surface area contributed by atoms with Crippen LogP contribution in [0.4, 0.5) is 11.4 Å². The summed E-state index contributed by atoms with van der Waals surface area (Å²) in [6.45, 7) is 0. The largest absolute Gasteiger partial charge is 0.376 e. The molecule has 3 heterocycles. The molecule has 2 atom stereocenters. The average Bonchev–Trinajstić information content (AvgIpc) is 3.03. The van der Waals surface area contributed by atoms with E-state index in [9.17, 15) is 4.79 Å². The van der Waals surface area contributed by atoms with Gasteiger partial charge < -0.3 is 15.6 Å². The summed E-state index contributed by atoms with van der Waals surface area (Å²) < 4.78 is 0. The normalized spacial score (nSPS) is 22.3. The lowest BCUT2D eigenvalue weighted by molar-refractivity contribution is -0.116. The molecule has 3 aromatic rings. The summed E-state index contributed by atoms with van der Waals surface area (Å²) in [5.74, 6) is 0.252. The van der Waals surface area contributed by atoms with E-state index in [-0.39, 0.29) is 17.9 Å². The Kier molecular flexibility index (Phi) is 2.23. The highest BCUT2D eigenvalue weighted by Crippen LogP contribution is 2.50. The van der Waals surface area contributed by atoms with Crippen molar-refractivity contribution in [1.29, 1.82) is 0 Å². The molecule has 4 nitrogen and oxygen atoms in total. The summed E-state index contributed by atoms with van der Waals surface area (Å²) in [5, 5.41) is 7.76. The first-order chi connectivity index (χ1) is 10.8. The fourth-order valence-electron chi connectivity index (χ4n) is 3.82. The van der Waals surface area contributed by atoms with Gasteiger partial charge in [-0.25, -0.2) is 0 Å². The van der Waals surface area contributed by atoms with E-state index in [2.05, 4.69) is 27.8 Å². The van der Waals surface area contributed by atoms with E-state index in [0.29, 0.717) is 6.42 Å². The van der Waals surface area contributed by atoms with Gasteiger partial charge in [-0.2, -0.15) is 0 Å². The second kappa shape index (κ2) is 4.13. The number of carbonyl (C=O) groups is 1. The minimum atomic E-state index is 0.0806. The smallest absolute Gasteiger partial charge is 0.225 e. The van der Waals surface area contributed by atoms with Gasteiger partial charge in [-0.1, -0.05) is 36.4 Å². The van der Waals surface area contributed by atoms with Crippen LogP contribution in [0, 0.1) is 0 Å². The highest BCUT2D eigenvalue weighted by atomic mass is 16.1. The van der Waals surface area contributed by atoms with Crippen LogP contribution in [0.3, 0.4) is 0 Å². The van der Waals surface area contributed by atoms with Crippen molar-refractivity contribution in [2.45, 2.75) is 18.4 Å². The molecule has 0 fully saturated rings. The van der Waals surface area contributed by atoms with E-state index >= 15 is 0 Å². The highest BCUT2D eigenvalue weighted by molar-refractivity contribution is 6.04. The third-order valence-electron chi connectivity index (χ3n) is 4.79. The molecule has 3 N–H and O–H groups in total. The Morgan fingerprint density at radius 3 is 2.77 bits per heavy atom. The molecule has 0 unspecified atom stereocenters. The van der Waals surface area contributed by atoms with E-state index < -0.39 is 0 Å². The van der Waals surface area contributed by atoms with E-state index in [0.717, 1.165) is 28.0 Å². The van der Waals surface area contributed by atoms with Crippen molar-refractivity contribution < 1.29 is 4.79 Å². The maximum absolute atomic E-state index is 12.4. The number of amides is 1. The van der Waals surface area contributed by atoms with Crippen LogP contribution in [0.25, 0.3) is 10.9 Å². The van der Waals surface area contributed by atoms with Gasteiger partial charge in [-0.05, 0) is 17.7 Å². The topological polar surface area (TPSA) is 56.9 Å². The van der Waals surface area contributed by atoms with Gasteiger partial charge in [-0.3, -0.25) is 4.79 Å². The van der Waals surface area contributed by atoms with Gasteiger partial charge in [0.15, 0.2) is 0 Å². The predicted molar refractivity (Wildman–Crippen MR) is 87.1 cm³/mol. The molecule has 5 rings (SSSR count). The second-order valence-corrected chi connectivity index (χ2v) is 6.03. The minimum absolute atomic E-state index is 0.0806. The van der Waals surface area contributed by atoms with Crippen molar-refractivity contribution in [1.82, 2.24) is 4.98 Å². The molecule has 2 aliphatic rings. The van der Waals surface area contributed by atoms with Gasteiger partial charge in [-0.15, -0.1) is 0 Å². The summed E-state index contributed by atoms with van der Waals surface area (Å²) >= 11 is 0. The fourth-order valence-corrected chi connectivity index (χ4v) is 3.82. The number of hydrogen-bond donors (Lipinski definition) is 3. The number of nitrogens with one attached hydrogen (secondary N) is 3. The van der Waals surface area contributed by atoms with Crippen LogP contribution in [0.2, 0.25) is 0 Å². The number of fused-ring (bicyclic) bond motifs is 7. The number of aromatic amines is 1. The Hall–Kier alpha value is -2.75. The van der Waals surface area contributed by atoms with Crippen molar-refractivity contribution in [2.24, 2.45) is 0 Å². The lowest BCUT2D eigenvalue weighted by atomic mass is 9.90. The van der Waals surface area contributed by atoms with Crippen molar-refractivity contribution in [3.05, 3.63) is 59.8 Å². The van der Waals surface area contributed by atoms with Gasteiger partial charge in [0, 0.05) is 28.9 Å². The van der Waals surface area contributed by atoms with E-state index in [1.807, 2.05) is 36.4 Å². The van der Waals surface area contributed by atoms with Crippen LogP contribution < -0.4 is 10.6 Å². The van der Waals surface area contributed by atoms with Crippen LogP contribution in [0.1, 0.15) is 29.6 Å². The fraction of sp³-hybridized carbons (Fsp3) is 0.167. The van der Waals surface area contributed by atoms with Gasteiger partial charge >= 0.3 is 0 Å². The van der Waals surface area contributed by atoms with Crippen molar-refractivity contribution >= 4 is 28.2 Å². The molecule has 0 saturated carbocycles. The van der Waals surface area contributed by atoms with Crippen molar-refractivity contribution in [3.8, 4) is 0 Å². The molecule has 22 heavy (non-hydrogen) atoms. The zero-order valence-electron chi connectivity index (χ0n) is 11.9. The summed E-state index contributed by atoms with van der Waals surface area (Å²) in [6, 6.07) is 16.5. The first-order valence-corrected chi connectivity index (χ1v) is 7.57. The number of H-pyrrole nitrogens is 1. The van der Waals surface area contributed by atoms with Crippen LogP contribution >= 0.6 is 0 Å². The van der Waals surface area contributed by atoms with E-state index in [1.54, 1.807) is 0 Å². The zero-order chi connectivity index (χ0) is 14.7. The Balaban J connectivity index is 1.75. The maximum Gasteiger partial charge on any atom is 0.225 e. The number of rotatable bonds is 0. The van der Waals surface area contributed by atoms with Crippen molar-refractivity contribution in [3.63, 3.8) is 0 Å². The molecule has 108 valence electrons. The van der Waals surface area contributed by atoms with Crippen LogP contribution in [0.5, 0.6) is 0 Å². The SMILES string of the molecule is O=C1C[C@H]2c3ccccc3N[C@H]2c2[nH]c3ccccc3c2N1. The number of para-hydroxylation sites is 2. The molecule has 1 aromatic heterocycles. The lowest BCUT2D eigenvalue weighted by Crippen LogP contribution is -2.14. The summed E-state index contributed by atoms with van der Waals surface area (Å²) in [5.41, 5.74) is 5.43. The Morgan fingerprint density at radius 2 is 1.82 bits per heavy atom. The quantitative estimate of drug-likeness (QED) is 0.590. The van der Waals surface area contributed by atoms with Crippen LogP contribution in [-0.2, 0) is 4.79 Å². The van der Waals surface area contributed by atoms with Gasteiger partial charge in [0.05, 0.1) is 17.4 Å². The van der Waals surface area contributed by atoms with Gasteiger partial charge in [0.25, 0.3) is 0 Å². The average molecular weight is 289 g/mol. The zero-order valence-corrected chi connectivity index (χ0v) is 11.9. The van der Waals surface area contributed by atoms with E-state index in [1.165, 1.54) is 5.56 Å². The second-order valence-electron chi connectivity index (χ2n) is 6.03. The molecule has 2 aromatic carbocycles. The molecule has 1 amide bonds. The summed E-state index contributed by atoms with van der Waals surface area (Å²) in [6.07, 6.45) is 0.505. The molecule has 0 spiro atoms. The lowest BCUT2D eigenvalue weighted by Gasteiger charge is -2.16. The molecule has 0 bridgehead atoms. The molecule has 0 radical (unpaired) electrons. The molecular weight excluding hydrogens is 274 g/mol. The highest BCUT2D eigenvalue weighted by Gasteiger charge is 2.39. The van der Waals surface area contributed by atoms with Gasteiger partial charge in [0.1, 0.15) is 0 Å². The third kappa shape index (κ3) is 1.49. The maximum atomic E-state index is 12.4. The molecule has 2 aliphatic heterocycles. The van der Waals surface area contributed by atoms with Gasteiger partial charge in [0.2, 0.25) is 5.91 Å². The van der Waals surface area contributed by atoms with Crippen LogP contribution in [0.15, 0.2) is 48.5 Å². The Morgan fingerprint density at radius 1 is 1.00 bits per heavy atom. The summed E-state index contributed by atoms with van der Waals surface area (Å²) in [4.78, 5) is 15.9. The molecule has 4 heteroatoms.